The number of nitrogen functional groups attached to an aromatic ring is 1. The molecular formula is C12H19N5S. The predicted octanol–water partition coefficient (Wildman–Crippen LogP) is 1.80. The van der Waals surface area contributed by atoms with E-state index in [1.165, 1.54) is 30.8 Å². The summed E-state index contributed by atoms with van der Waals surface area (Å²) in [7, 11) is 0. The highest BCUT2D eigenvalue weighted by Crippen LogP contribution is 2.38. The predicted molar refractivity (Wildman–Crippen MR) is 75.7 cm³/mol. The summed E-state index contributed by atoms with van der Waals surface area (Å²) in [6.45, 7) is 0.998. The van der Waals surface area contributed by atoms with Crippen molar-refractivity contribution in [1.29, 1.82) is 0 Å². The van der Waals surface area contributed by atoms with Gasteiger partial charge < -0.3 is 10.7 Å². The molecule has 18 heavy (non-hydrogen) atoms. The van der Waals surface area contributed by atoms with Crippen LogP contribution in [-0.4, -0.2) is 28.0 Å². The van der Waals surface area contributed by atoms with Gasteiger partial charge in [0, 0.05) is 18.5 Å². The van der Waals surface area contributed by atoms with Gasteiger partial charge in [0.2, 0.25) is 0 Å². The van der Waals surface area contributed by atoms with Gasteiger partial charge >= 0.3 is 0 Å². The second-order valence-electron chi connectivity index (χ2n) is 5.03. The number of nitrogens with zero attached hydrogens (tertiary/aromatic N) is 2. The van der Waals surface area contributed by atoms with E-state index in [4.69, 9.17) is 5.84 Å². The maximum absolute atomic E-state index is 5.46. The van der Waals surface area contributed by atoms with Gasteiger partial charge in [0.1, 0.15) is 17.5 Å². The van der Waals surface area contributed by atoms with Crippen LogP contribution < -0.4 is 16.6 Å². The molecule has 1 atom stereocenters. The smallest absolute Gasteiger partial charge is 0.145 e. The number of hydrogen-bond donors (Lipinski definition) is 3. The Morgan fingerprint density at radius 3 is 2.78 bits per heavy atom. The number of rotatable bonds is 5. The Hall–Kier alpha value is -1.01. The van der Waals surface area contributed by atoms with Gasteiger partial charge in [0.15, 0.2) is 0 Å². The normalized spacial score (nSPS) is 23.1. The number of nitrogens with two attached hydrogens (primary N) is 1. The van der Waals surface area contributed by atoms with Gasteiger partial charge in [-0.2, -0.15) is 11.8 Å². The lowest BCUT2D eigenvalue weighted by molar-refractivity contribution is 0.630. The minimum atomic E-state index is 0.542. The molecule has 6 heteroatoms. The van der Waals surface area contributed by atoms with Crippen molar-refractivity contribution < 1.29 is 0 Å². The highest BCUT2D eigenvalue weighted by atomic mass is 32.2. The summed E-state index contributed by atoms with van der Waals surface area (Å²) >= 11 is 2.04. The van der Waals surface area contributed by atoms with Gasteiger partial charge in [-0.1, -0.05) is 0 Å². The van der Waals surface area contributed by atoms with E-state index in [0.717, 1.165) is 24.1 Å². The SMILES string of the molecule is NNc1cc(NCC2CCSC2)nc(C2CC2)n1. The molecule has 1 aliphatic carbocycles. The summed E-state index contributed by atoms with van der Waals surface area (Å²) in [6.07, 6.45) is 3.71. The van der Waals surface area contributed by atoms with Crippen molar-refractivity contribution in [2.24, 2.45) is 11.8 Å². The Labute approximate surface area is 111 Å². The molecule has 2 fully saturated rings. The van der Waals surface area contributed by atoms with Crippen molar-refractivity contribution in [2.75, 3.05) is 28.8 Å². The Morgan fingerprint density at radius 2 is 2.11 bits per heavy atom. The van der Waals surface area contributed by atoms with Gasteiger partial charge in [0.05, 0.1) is 0 Å². The number of hydrazine groups is 1. The first-order valence-corrected chi connectivity index (χ1v) is 7.68. The van der Waals surface area contributed by atoms with Crippen LogP contribution in [0.4, 0.5) is 11.6 Å². The second kappa shape index (κ2) is 5.32. The van der Waals surface area contributed by atoms with Crippen molar-refractivity contribution in [3.8, 4) is 0 Å². The molecule has 0 radical (unpaired) electrons. The Balaban J connectivity index is 1.67. The van der Waals surface area contributed by atoms with Gasteiger partial charge in [-0.15, -0.1) is 0 Å². The van der Waals surface area contributed by atoms with Gasteiger partial charge in [-0.25, -0.2) is 15.8 Å². The van der Waals surface area contributed by atoms with Crippen LogP contribution in [0.2, 0.25) is 0 Å². The van der Waals surface area contributed by atoms with Crippen molar-refractivity contribution >= 4 is 23.4 Å². The molecule has 4 N–H and O–H groups in total. The van der Waals surface area contributed by atoms with Gasteiger partial charge in [-0.3, -0.25) is 0 Å². The fraction of sp³-hybridized carbons (Fsp3) is 0.667. The summed E-state index contributed by atoms with van der Waals surface area (Å²) in [4.78, 5) is 8.98. The van der Waals surface area contributed by atoms with Crippen molar-refractivity contribution in [3.63, 3.8) is 0 Å². The van der Waals surface area contributed by atoms with E-state index in [1.54, 1.807) is 0 Å². The minimum Gasteiger partial charge on any atom is -0.370 e. The zero-order valence-electron chi connectivity index (χ0n) is 10.4. The van der Waals surface area contributed by atoms with E-state index in [2.05, 4.69) is 20.7 Å². The highest BCUT2D eigenvalue weighted by Gasteiger charge is 2.27. The van der Waals surface area contributed by atoms with Crippen LogP contribution in [0.25, 0.3) is 0 Å². The molecule has 0 bridgehead atoms. The molecule has 1 aromatic heterocycles. The third kappa shape index (κ3) is 2.87. The molecule has 3 rings (SSSR count). The van der Waals surface area contributed by atoms with Crippen molar-refractivity contribution in [2.45, 2.75) is 25.2 Å². The number of aromatic nitrogens is 2. The lowest BCUT2D eigenvalue weighted by Crippen LogP contribution is -2.16. The highest BCUT2D eigenvalue weighted by molar-refractivity contribution is 7.99. The summed E-state index contributed by atoms with van der Waals surface area (Å²) < 4.78 is 0. The van der Waals surface area contributed by atoms with E-state index >= 15 is 0 Å². The quantitative estimate of drug-likeness (QED) is 0.557. The molecular weight excluding hydrogens is 246 g/mol. The first-order valence-electron chi connectivity index (χ1n) is 6.52. The molecule has 1 saturated heterocycles. The Morgan fingerprint density at radius 1 is 1.28 bits per heavy atom. The van der Waals surface area contributed by atoms with E-state index in [9.17, 15) is 0 Å². The third-order valence-electron chi connectivity index (χ3n) is 3.43. The largest absolute Gasteiger partial charge is 0.370 e. The molecule has 0 amide bonds. The topological polar surface area (TPSA) is 75.9 Å². The van der Waals surface area contributed by atoms with Crippen LogP contribution in [0.3, 0.4) is 0 Å². The first-order chi connectivity index (χ1) is 8.85. The van der Waals surface area contributed by atoms with Gasteiger partial charge in [0.25, 0.3) is 0 Å². The molecule has 98 valence electrons. The number of hydrogen-bond acceptors (Lipinski definition) is 6. The standard InChI is InChI=1S/C12H19N5S/c13-17-11-5-10(14-6-8-3-4-18-7-8)15-12(16-11)9-1-2-9/h5,8-9H,1-4,6-7,13H2,(H2,14,15,16,17). The monoisotopic (exact) mass is 265 g/mol. The molecule has 1 saturated carbocycles. The third-order valence-corrected chi connectivity index (χ3v) is 4.66. The fourth-order valence-electron chi connectivity index (χ4n) is 2.15. The maximum atomic E-state index is 5.46. The van der Waals surface area contributed by atoms with Crippen LogP contribution in [0, 0.1) is 5.92 Å². The lowest BCUT2D eigenvalue weighted by Gasteiger charge is -2.12. The molecule has 2 heterocycles. The molecule has 1 aliphatic heterocycles. The average molecular weight is 265 g/mol. The molecule has 1 unspecified atom stereocenters. The van der Waals surface area contributed by atoms with Crippen LogP contribution in [0.5, 0.6) is 0 Å². The molecule has 0 aromatic carbocycles. The summed E-state index contributed by atoms with van der Waals surface area (Å²) in [5.41, 5.74) is 2.62. The Kier molecular flexibility index (Phi) is 3.56. The first kappa shape index (κ1) is 12.0. The average Bonchev–Trinajstić information content (AvgIpc) is 3.13. The van der Waals surface area contributed by atoms with E-state index in [1.807, 2.05) is 17.8 Å². The minimum absolute atomic E-state index is 0.542. The number of thioether (sulfide) groups is 1. The zero-order valence-corrected chi connectivity index (χ0v) is 11.2. The molecule has 1 aromatic rings. The zero-order chi connectivity index (χ0) is 12.4. The molecule has 0 spiro atoms. The summed E-state index contributed by atoms with van der Waals surface area (Å²) in [6, 6.07) is 1.88. The number of nitrogens with one attached hydrogen (secondary N) is 2. The van der Waals surface area contributed by atoms with E-state index in [0.29, 0.717) is 11.7 Å². The van der Waals surface area contributed by atoms with Gasteiger partial charge in [-0.05, 0) is 36.7 Å². The van der Waals surface area contributed by atoms with Crippen LogP contribution in [-0.2, 0) is 0 Å². The van der Waals surface area contributed by atoms with E-state index < -0.39 is 0 Å². The Bertz CT molecular complexity index is 415. The molecule has 2 aliphatic rings. The number of anilines is 2. The fourth-order valence-corrected chi connectivity index (χ4v) is 3.43. The van der Waals surface area contributed by atoms with Crippen molar-refractivity contribution in [3.05, 3.63) is 11.9 Å². The molecule has 5 nitrogen and oxygen atoms in total. The second-order valence-corrected chi connectivity index (χ2v) is 6.18. The van der Waals surface area contributed by atoms with Crippen molar-refractivity contribution in [1.82, 2.24) is 9.97 Å². The van der Waals surface area contributed by atoms with Crippen LogP contribution >= 0.6 is 11.8 Å². The lowest BCUT2D eigenvalue weighted by atomic mass is 10.1. The summed E-state index contributed by atoms with van der Waals surface area (Å²) in [5, 5.41) is 3.42. The van der Waals surface area contributed by atoms with Crippen LogP contribution in [0.15, 0.2) is 6.07 Å². The maximum Gasteiger partial charge on any atom is 0.145 e. The summed E-state index contributed by atoms with van der Waals surface area (Å²) in [5.74, 6) is 11.8. The van der Waals surface area contributed by atoms with Crippen LogP contribution in [0.1, 0.15) is 31.0 Å². The van der Waals surface area contributed by atoms with E-state index in [-0.39, 0.29) is 0 Å².